The van der Waals surface area contributed by atoms with Gasteiger partial charge in [-0.1, -0.05) is 48.0 Å². The molecule has 0 saturated heterocycles. The smallest absolute Gasteiger partial charge is 0.0625 e. The molecule has 34 heavy (non-hydrogen) atoms. The topological polar surface area (TPSA) is 29.5 Å². The van der Waals surface area contributed by atoms with E-state index in [-0.39, 0.29) is 0 Å². The summed E-state index contributed by atoms with van der Waals surface area (Å²) in [6.45, 7) is 19.3. The van der Waals surface area contributed by atoms with Crippen molar-refractivity contribution in [2.45, 2.75) is 138 Å². The summed E-state index contributed by atoms with van der Waals surface area (Å²) in [5.41, 5.74) is 2.06. The van der Waals surface area contributed by atoms with Gasteiger partial charge in [0.2, 0.25) is 0 Å². The van der Waals surface area contributed by atoms with Gasteiger partial charge in [-0.2, -0.15) is 0 Å². The molecule has 2 nitrogen and oxygen atoms in total. The minimum Gasteiger partial charge on any atom is -0.390 e. The minimum absolute atomic E-state index is 0.326. The van der Waals surface area contributed by atoms with Crippen molar-refractivity contribution in [3.63, 3.8) is 0 Å². The second-order valence-corrected chi connectivity index (χ2v) is 15.8. The Balaban J connectivity index is 1.36. The molecule has 1 N–H and O–H groups in total. The summed E-state index contributed by atoms with van der Waals surface area (Å²) in [6, 6.07) is 0. The summed E-state index contributed by atoms with van der Waals surface area (Å²) in [5.74, 6) is 3.81. The number of hydrogen-bond donors (Lipinski definition) is 1. The van der Waals surface area contributed by atoms with Crippen molar-refractivity contribution in [1.82, 2.24) is 0 Å². The molecule has 0 radical (unpaired) electrons. The maximum Gasteiger partial charge on any atom is 0.0625 e. The minimum atomic E-state index is -0.556. The summed E-state index contributed by atoms with van der Waals surface area (Å²) in [6.07, 6.45) is 15.9. The average Bonchev–Trinajstić information content (AvgIpc) is 3.33. The molecule has 5 aliphatic carbocycles. The van der Waals surface area contributed by atoms with Gasteiger partial charge in [0.25, 0.3) is 0 Å². The van der Waals surface area contributed by atoms with Crippen LogP contribution in [0.25, 0.3) is 0 Å². The van der Waals surface area contributed by atoms with Crippen molar-refractivity contribution in [2.24, 2.45) is 56.7 Å². The van der Waals surface area contributed by atoms with Crippen LogP contribution in [-0.4, -0.2) is 23.9 Å². The summed E-state index contributed by atoms with van der Waals surface area (Å²) in [7, 11) is 1.95. The summed E-state index contributed by atoms with van der Waals surface area (Å²) in [5, 5.41) is 10.5. The van der Waals surface area contributed by atoms with E-state index in [1.165, 1.54) is 64.2 Å². The van der Waals surface area contributed by atoms with E-state index in [0.717, 1.165) is 30.1 Å². The van der Waals surface area contributed by atoms with E-state index in [9.17, 15) is 5.11 Å². The standard InChI is InChI=1S/C32H56O2/c1-21(10-11-22(2)28(5,6)33)23-14-16-30(8)25-13-12-24-27(3,4)26(34-9)15-17-31(24)20-32(25,31)19-18-29(23,30)7/h21-26,33H,10-20H2,1-9H3. The van der Waals surface area contributed by atoms with E-state index in [0.29, 0.717) is 39.1 Å². The van der Waals surface area contributed by atoms with Crippen LogP contribution in [-0.2, 0) is 4.74 Å². The third-order valence-corrected chi connectivity index (χ3v) is 14.3. The lowest BCUT2D eigenvalue weighted by molar-refractivity contribution is -0.166. The normalized spacial score (nSPS) is 51.0. The van der Waals surface area contributed by atoms with Crippen LogP contribution in [0.15, 0.2) is 0 Å². The zero-order chi connectivity index (χ0) is 24.9. The fourth-order valence-corrected chi connectivity index (χ4v) is 11.8. The van der Waals surface area contributed by atoms with Gasteiger partial charge in [-0.25, -0.2) is 0 Å². The fraction of sp³-hybridized carbons (Fsp3) is 1.00. The summed E-state index contributed by atoms with van der Waals surface area (Å²) in [4.78, 5) is 0. The van der Waals surface area contributed by atoms with Gasteiger partial charge in [0.1, 0.15) is 0 Å². The van der Waals surface area contributed by atoms with Gasteiger partial charge < -0.3 is 9.84 Å². The van der Waals surface area contributed by atoms with E-state index < -0.39 is 5.60 Å². The number of hydrogen-bond acceptors (Lipinski definition) is 2. The van der Waals surface area contributed by atoms with Gasteiger partial charge in [-0.05, 0) is 135 Å². The van der Waals surface area contributed by atoms with Crippen LogP contribution >= 0.6 is 0 Å². The number of fused-ring (bicyclic) bond motifs is 2. The lowest BCUT2D eigenvalue weighted by atomic mass is 9.41. The van der Waals surface area contributed by atoms with Crippen molar-refractivity contribution in [2.75, 3.05) is 7.11 Å². The first-order valence-corrected chi connectivity index (χ1v) is 14.9. The highest BCUT2D eigenvalue weighted by atomic mass is 16.5. The highest BCUT2D eigenvalue weighted by Gasteiger charge is 2.82. The van der Waals surface area contributed by atoms with Gasteiger partial charge in [0.15, 0.2) is 0 Å². The number of methoxy groups -OCH3 is 1. The highest BCUT2D eigenvalue weighted by Crippen LogP contribution is 2.89. The Morgan fingerprint density at radius 2 is 1.47 bits per heavy atom. The molecule has 0 aromatic carbocycles. The third-order valence-electron chi connectivity index (χ3n) is 14.3. The highest BCUT2D eigenvalue weighted by molar-refractivity contribution is 5.30. The fourth-order valence-electron chi connectivity index (χ4n) is 11.8. The molecule has 5 saturated carbocycles. The van der Waals surface area contributed by atoms with Gasteiger partial charge in [0.05, 0.1) is 11.7 Å². The van der Waals surface area contributed by atoms with Crippen LogP contribution in [0.3, 0.4) is 0 Å². The van der Waals surface area contributed by atoms with E-state index in [2.05, 4.69) is 41.5 Å². The van der Waals surface area contributed by atoms with Crippen LogP contribution in [0.4, 0.5) is 0 Å². The second-order valence-electron chi connectivity index (χ2n) is 15.8. The molecule has 10 atom stereocenters. The Kier molecular flexibility index (Phi) is 5.80. The Bertz CT molecular complexity index is 795. The maximum atomic E-state index is 10.5. The van der Waals surface area contributed by atoms with E-state index in [1.807, 2.05) is 21.0 Å². The molecule has 0 aromatic rings. The molecule has 0 aliphatic heterocycles. The molecule has 10 unspecified atom stereocenters. The first-order valence-electron chi connectivity index (χ1n) is 14.9. The molecule has 5 rings (SSSR count). The Hall–Kier alpha value is -0.0800. The van der Waals surface area contributed by atoms with Crippen LogP contribution in [0.1, 0.15) is 126 Å². The van der Waals surface area contributed by atoms with Gasteiger partial charge >= 0.3 is 0 Å². The van der Waals surface area contributed by atoms with Crippen LogP contribution in [0.2, 0.25) is 0 Å². The maximum absolute atomic E-state index is 10.5. The second kappa shape index (κ2) is 7.72. The molecule has 2 heteroatoms. The summed E-state index contributed by atoms with van der Waals surface area (Å²) < 4.78 is 6.04. The SMILES string of the molecule is COC1CCC23CC24CCC2(C)C(C(C)CCC(C)C(C)(C)O)CCC2(C)C4CCC3C1(C)C. The van der Waals surface area contributed by atoms with Crippen molar-refractivity contribution in [3.8, 4) is 0 Å². The quantitative estimate of drug-likeness (QED) is 0.421. The lowest BCUT2D eigenvalue weighted by Crippen LogP contribution is -2.57. The molecule has 0 heterocycles. The van der Waals surface area contributed by atoms with Crippen molar-refractivity contribution in [3.05, 3.63) is 0 Å². The predicted octanol–water partition coefficient (Wildman–Crippen LogP) is 8.26. The lowest BCUT2D eigenvalue weighted by Gasteiger charge is -2.63. The largest absolute Gasteiger partial charge is 0.390 e. The molecule has 0 amide bonds. The number of aliphatic hydroxyl groups is 1. The third kappa shape index (κ3) is 3.12. The van der Waals surface area contributed by atoms with Crippen LogP contribution in [0, 0.1) is 56.7 Å². The van der Waals surface area contributed by atoms with Gasteiger partial charge in [0, 0.05) is 7.11 Å². The first kappa shape index (κ1) is 25.6. The monoisotopic (exact) mass is 472 g/mol. The number of rotatable bonds is 6. The Labute approximate surface area is 211 Å². The van der Waals surface area contributed by atoms with Crippen molar-refractivity contribution < 1.29 is 9.84 Å². The Morgan fingerprint density at radius 1 is 0.824 bits per heavy atom. The molecule has 0 aromatic heterocycles. The van der Waals surface area contributed by atoms with Gasteiger partial charge in [-0.3, -0.25) is 0 Å². The van der Waals surface area contributed by atoms with E-state index >= 15 is 0 Å². The van der Waals surface area contributed by atoms with E-state index in [1.54, 1.807) is 0 Å². The first-order chi connectivity index (χ1) is 15.7. The zero-order valence-corrected chi connectivity index (χ0v) is 24.1. The molecule has 2 spiro atoms. The molecule has 5 aliphatic rings. The number of ether oxygens (including phenoxy) is 1. The predicted molar refractivity (Wildman–Crippen MR) is 142 cm³/mol. The van der Waals surface area contributed by atoms with Crippen LogP contribution in [0.5, 0.6) is 0 Å². The molecule has 0 bridgehead atoms. The molecule has 196 valence electrons. The van der Waals surface area contributed by atoms with E-state index in [4.69, 9.17) is 4.74 Å². The zero-order valence-electron chi connectivity index (χ0n) is 24.1. The Morgan fingerprint density at radius 3 is 2.12 bits per heavy atom. The van der Waals surface area contributed by atoms with Crippen LogP contribution < -0.4 is 0 Å². The molecular weight excluding hydrogens is 416 g/mol. The molecule has 5 fully saturated rings. The summed E-state index contributed by atoms with van der Waals surface area (Å²) >= 11 is 0. The molecular formula is C32H56O2. The van der Waals surface area contributed by atoms with Crippen molar-refractivity contribution in [1.29, 1.82) is 0 Å². The van der Waals surface area contributed by atoms with Crippen molar-refractivity contribution >= 4 is 0 Å². The van der Waals surface area contributed by atoms with Gasteiger partial charge in [-0.15, -0.1) is 0 Å². The average molecular weight is 473 g/mol.